The highest BCUT2D eigenvalue weighted by Gasteiger charge is 2.26. The SMILES string of the molecule is CC(C)Cn1c(=O)c2sccc2n2c(CCCC(=O)N3CCN(C(=O)c4ccco4)CC3)nnc12. The average Bonchev–Trinajstić information content (AvgIpc) is 3.62. The van der Waals surface area contributed by atoms with Crippen LogP contribution in [0.1, 0.15) is 43.1 Å². The van der Waals surface area contributed by atoms with Gasteiger partial charge in [0.1, 0.15) is 10.5 Å². The van der Waals surface area contributed by atoms with E-state index in [-0.39, 0.29) is 17.4 Å². The van der Waals surface area contributed by atoms with Crippen LogP contribution in [0.15, 0.2) is 39.1 Å². The van der Waals surface area contributed by atoms with Gasteiger partial charge in [0.05, 0.1) is 11.8 Å². The predicted octanol–water partition coefficient (Wildman–Crippen LogP) is 2.66. The van der Waals surface area contributed by atoms with E-state index in [4.69, 9.17) is 4.42 Å². The van der Waals surface area contributed by atoms with Crippen LogP contribution in [0.25, 0.3) is 16.0 Å². The number of hydrogen-bond donors (Lipinski definition) is 0. The number of hydrogen-bond acceptors (Lipinski definition) is 7. The number of fused-ring (bicyclic) bond motifs is 3. The third-order valence-electron chi connectivity index (χ3n) is 6.27. The molecular formula is C24H28N6O4S. The van der Waals surface area contributed by atoms with Crippen molar-refractivity contribution in [3.05, 3.63) is 51.8 Å². The number of thiophene rings is 1. The number of furan rings is 1. The fourth-order valence-electron chi connectivity index (χ4n) is 4.54. The molecule has 4 aromatic rings. The maximum Gasteiger partial charge on any atom is 0.289 e. The Bertz CT molecular complexity index is 1410. The number of piperazine rings is 1. The van der Waals surface area contributed by atoms with E-state index in [0.717, 1.165) is 11.3 Å². The average molecular weight is 497 g/mol. The summed E-state index contributed by atoms with van der Waals surface area (Å²) in [4.78, 5) is 41.7. The van der Waals surface area contributed by atoms with Crippen molar-refractivity contribution in [2.24, 2.45) is 5.92 Å². The minimum Gasteiger partial charge on any atom is -0.459 e. The van der Waals surface area contributed by atoms with E-state index in [1.807, 2.05) is 20.7 Å². The molecular weight excluding hydrogens is 468 g/mol. The highest BCUT2D eigenvalue weighted by Crippen LogP contribution is 2.21. The summed E-state index contributed by atoms with van der Waals surface area (Å²) in [5.74, 6) is 1.85. The second-order valence-corrected chi connectivity index (χ2v) is 10.1. The zero-order chi connectivity index (χ0) is 24.5. The van der Waals surface area contributed by atoms with Gasteiger partial charge in [-0.1, -0.05) is 13.8 Å². The summed E-state index contributed by atoms with van der Waals surface area (Å²) in [5, 5.41) is 10.6. The largest absolute Gasteiger partial charge is 0.459 e. The van der Waals surface area contributed by atoms with Gasteiger partial charge in [-0.3, -0.25) is 23.4 Å². The van der Waals surface area contributed by atoms with Crippen LogP contribution in [0.3, 0.4) is 0 Å². The molecule has 1 saturated heterocycles. The van der Waals surface area contributed by atoms with Crippen LogP contribution in [-0.2, 0) is 17.8 Å². The zero-order valence-electron chi connectivity index (χ0n) is 19.8. The van der Waals surface area contributed by atoms with Crippen molar-refractivity contribution in [2.45, 2.75) is 39.7 Å². The fraction of sp³-hybridized carbons (Fsp3) is 0.458. The van der Waals surface area contributed by atoms with Gasteiger partial charge < -0.3 is 14.2 Å². The van der Waals surface area contributed by atoms with Gasteiger partial charge in [0.2, 0.25) is 11.7 Å². The standard InChI is InChI=1S/C24H28N6O4S/c1-16(2)15-29-23(33)21-17(8-14-35-21)30-19(25-26-24(29)30)6-3-7-20(31)27-9-11-28(12-10-27)22(32)18-5-4-13-34-18/h4-5,8,13-14,16H,3,6-7,9-12,15H2,1-2H3. The Morgan fingerprint density at radius 2 is 1.89 bits per heavy atom. The number of rotatable bonds is 7. The van der Waals surface area contributed by atoms with Gasteiger partial charge in [-0.05, 0) is 35.9 Å². The Hall–Kier alpha value is -3.47. The summed E-state index contributed by atoms with van der Waals surface area (Å²) < 4.78 is 9.55. The predicted molar refractivity (Wildman–Crippen MR) is 132 cm³/mol. The molecule has 0 N–H and O–H groups in total. The highest BCUT2D eigenvalue weighted by atomic mass is 32.1. The van der Waals surface area contributed by atoms with Gasteiger partial charge in [-0.2, -0.15) is 0 Å². The topological polar surface area (TPSA) is 106 Å². The maximum atomic E-state index is 13.0. The van der Waals surface area contributed by atoms with Crippen LogP contribution in [0, 0.1) is 5.92 Å². The molecule has 0 bridgehead atoms. The quantitative estimate of drug-likeness (QED) is 0.389. The van der Waals surface area contributed by atoms with Gasteiger partial charge in [0, 0.05) is 45.6 Å². The van der Waals surface area contributed by atoms with E-state index in [1.54, 1.807) is 21.6 Å². The Morgan fingerprint density at radius 1 is 1.11 bits per heavy atom. The first kappa shape index (κ1) is 23.3. The number of carbonyl (C=O) groups excluding carboxylic acids is 2. The molecule has 10 nitrogen and oxygen atoms in total. The summed E-state index contributed by atoms with van der Waals surface area (Å²) in [6.07, 6.45) is 3.08. The van der Waals surface area contributed by atoms with Crippen molar-refractivity contribution in [3.63, 3.8) is 0 Å². The highest BCUT2D eigenvalue weighted by molar-refractivity contribution is 7.17. The normalized spacial score (nSPS) is 14.5. The molecule has 35 heavy (non-hydrogen) atoms. The van der Waals surface area contributed by atoms with Crippen molar-refractivity contribution in [3.8, 4) is 0 Å². The third kappa shape index (κ3) is 4.47. The van der Waals surface area contributed by atoms with Crippen LogP contribution >= 0.6 is 11.3 Å². The lowest BCUT2D eigenvalue weighted by Crippen LogP contribution is -2.50. The lowest BCUT2D eigenvalue weighted by atomic mass is 10.2. The molecule has 1 fully saturated rings. The summed E-state index contributed by atoms with van der Waals surface area (Å²) in [7, 11) is 0. The van der Waals surface area contributed by atoms with Crippen molar-refractivity contribution in [1.82, 2.24) is 29.0 Å². The summed E-state index contributed by atoms with van der Waals surface area (Å²) in [5.41, 5.74) is 0.786. The molecule has 0 saturated carbocycles. The smallest absolute Gasteiger partial charge is 0.289 e. The zero-order valence-corrected chi connectivity index (χ0v) is 20.7. The number of carbonyl (C=O) groups is 2. The Labute approximate surface area is 205 Å². The van der Waals surface area contributed by atoms with Gasteiger partial charge in [-0.15, -0.1) is 21.5 Å². The Morgan fingerprint density at radius 3 is 2.60 bits per heavy atom. The minimum atomic E-state index is -0.142. The molecule has 2 amide bonds. The molecule has 1 aliphatic rings. The number of amides is 2. The van der Waals surface area contributed by atoms with Crippen molar-refractivity contribution < 1.29 is 14.0 Å². The molecule has 5 rings (SSSR count). The van der Waals surface area contributed by atoms with Gasteiger partial charge in [0.15, 0.2) is 5.76 Å². The first-order chi connectivity index (χ1) is 16.9. The fourth-order valence-corrected chi connectivity index (χ4v) is 5.37. The van der Waals surface area contributed by atoms with Gasteiger partial charge >= 0.3 is 0 Å². The Kier molecular flexibility index (Phi) is 6.42. The lowest BCUT2D eigenvalue weighted by molar-refractivity contribution is -0.132. The number of aromatic nitrogens is 4. The number of nitrogens with zero attached hydrogens (tertiary/aromatic N) is 6. The van der Waals surface area contributed by atoms with Crippen LogP contribution in [0.4, 0.5) is 0 Å². The van der Waals surface area contributed by atoms with Gasteiger partial charge in [-0.25, -0.2) is 0 Å². The van der Waals surface area contributed by atoms with Crippen molar-refractivity contribution in [2.75, 3.05) is 26.2 Å². The third-order valence-corrected chi connectivity index (χ3v) is 7.16. The van der Waals surface area contributed by atoms with E-state index in [9.17, 15) is 14.4 Å². The Balaban J connectivity index is 1.23. The van der Waals surface area contributed by atoms with E-state index >= 15 is 0 Å². The molecule has 1 aliphatic heterocycles. The van der Waals surface area contributed by atoms with Crippen LogP contribution < -0.4 is 5.56 Å². The molecule has 184 valence electrons. The van der Waals surface area contributed by atoms with Crippen molar-refractivity contribution in [1.29, 1.82) is 0 Å². The molecule has 5 heterocycles. The van der Waals surface area contributed by atoms with E-state index in [2.05, 4.69) is 24.0 Å². The van der Waals surface area contributed by atoms with Gasteiger partial charge in [0.25, 0.3) is 11.5 Å². The molecule has 11 heteroatoms. The number of aryl methyl sites for hydroxylation is 1. The van der Waals surface area contributed by atoms with Crippen LogP contribution in [0.2, 0.25) is 0 Å². The van der Waals surface area contributed by atoms with Crippen LogP contribution in [-0.4, -0.2) is 67.0 Å². The van der Waals surface area contributed by atoms with E-state index in [0.29, 0.717) is 74.1 Å². The maximum absolute atomic E-state index is 13.0. The first-order valence-electron chi connectivity index (χ1n) is 11.9. The van der Waals surface area contributed by atoms with E-state index in [1.165, 1.54) is 17.6 Å². The molecule has 0 spiro atoms. The summed E-state index contributed by atoms with van der Waals surface area (Å²) in [6, 6.07) is 5.27. The first-order valence-corrected chi connectivity index (χ1v) is 12.8. The lowest BCUT2D eigenvalue weighted by Gasteiger charge is -2.34. The molecule has 0 unspecified atom stereocenters. The minimum absolute atomic E-state index is 0.0324. The molecule has 0 aliphatic carbocycles. The molecule has 0 radical (unpaired) electrons. The van der Waals surface area contributed by atoms with E-state index < -0.39 is 0 Å². The molecule has 0 atom stereocenters. The molecule has 4 aromatic heterocycles. The second kappa shape index (κ2) is 9.65. The van der Waals surface area contributed by atoms with Crippen molar-refractivity contribution >= 4 is 39.1 Å². The van der Waals surface area contributed by atoms with Crippen LogP contribution in [0.5, 0.6) is 0 Å². The monoisotopic (exact) mass is 496 g/mol. The molecule has 0 aromatic carbocycles. The summed E-state index contributed by atoms with van der Waals surface area (Å²) >= 11 is 1.43. The second-order valence-electron chi connectivity index (χ2n) is 9.20. The summed E-state index contributed by atoms with van der Waals surface area (Å²) in [6.45, 7) is 6.70.